The Balaban J connectivity index is 1.74. The van der Waals surface area contributed by atoms with Crippen LogP contribution in [0.2, 0.25) is 0 Å². The molecule has 0 fully saturated rings. The van der Waals surface area contributed by atoms with Crippen molar-refractivity contribution in [3.05, 3.63) is 106 Å². The molecule has 166 valence electrons. The number of halogens is 3. The van der Waals surface area contributed by atoms with Crippen molar-refractivity contribution in [2.24, 2.45) is 11.5 Å². The number of rotatable bonds is 8. The van der Waals surface area contributed by atoms with E-state index >= 15 is 0 Å². The normalized spacial score (nSPS) is 11.3. The summed E-state index contributed by atoms with van der Waals surface area (Å²) in [6, 6.07) is 18.6. The first-order valence-electron chi connectivity index (χ1n) is 10.2. The number of nitrogen functional groups attached to an aromatic ring is 2. The molecule has 3 aromatic rings. The van der Waals surface area contributed by atoms with E-state index in [1.165, 1.54) is 12.1 Å². The second-order valence-corrected chi connectivity index (χ2v) is 7.76. The van der Waals surface area contributed by atoms with Crippen molar-refractivity contribution in [1.82, 2.24) is 0 Å². The van der Waals surface area contributed by atoms with Crippen LogP contribution in [0.4, 0.5) is 13.2 Å². The van der Waals surface area contributed by atoms with Crippen LogP contribution in [0.5, 0.6) is 0 Å². The van der Waals surface area contributed by atoms with Gasteiger partial charge in [0.15, 0.2) is 0 Å². The van der Waals surface area contributed by atoms with Gasteiger partial charge in [0, 0.05) is 11.1 Å². The lowest BCUT2D eigenvalue weighted by atomic mass is 9.96. The summed E-state index contributed by atoms with van der Waals surface area (Å²) in [5, 5.41) is 14.9. The molecule has 0 aromatic heterocycles. The van der Waals surface area contributed by atoms with Gasteiger partial charge in [0.25, 0.3) is 0 Å². The molecule has 0 unspecified atom stereocenters. The maximum absolute atomic E-state index is 13.5. The van der Waals surface area contributed by atoms with Crippen LogP contribution in [0.1, 0.15) is 38.9 Å². The number of benzene rings is 3. The average molecular weight is 438 g/mol. The van der Waals surface area contributed by atoms with Crippen LogP contribution in [-0.4, -0.2) is 11.7 Å². The molecule has 0 aliphatic rings. The quantitative estimate of drug-likeness (QED) is 0.299. The lowest BCUT2D eigenvalue weighted by Gasteiger charge is -2.13. The van der Waals surface area contributed by atoms with Crippen molar-refractivity contribution in [2.75, 3.05) is 0 Å². The average Bonchev–Trinajstić information content (AvgIpc) is 2.76. The molecule has 0 aliphatic heterocycles. The summed E-state index contributed by atoms with van der Waals surface area (Å²) in [4.78, 5) is 0. The van der Waals surface area contributed by atoms with Gasteiger partial charge in [0.2, 0.25) is 0 Å². The minimum absolute atomic E-state index is 0.0185. The van der Waals surface area contributed by atoms with E-state index < -0.39 is 11.7 Å². The Hall–Kier alpha value is -3.61. The number of hydrogen-bond donors (Lipinski definition) is 4. The molecule has 3 aromatic carbocycles. The Labute approximate surface area is 185 Å². The molecule has 0 aliphatic carbocycles. The zero-order valence-corrected chi connectivity index (χ0v) is 17.5. The van der Waals surface area contributed by atoms with Crippen LogP contribution in [0.3, 0.4) is 0 Å². The lowest BCUT2D eigenvalue weighted by molar-refractivity contribution is -0.137. The Morgan fingerprint density at radius 2 is 0.938 bits per heavy atom. The van der Waals surface area contributed by atoms with E-state index in [0.29, 0.717) is 47.9 Å². The number of aryl methyl sites for hydroxylation is 4. The number of nitrogens with one attached hydrogen (secondary N) is 2. The molecule has 0 spiro atoms. The van der Waals surface area contributed by atoms with Gasteiger partial charge in [-0.3, -0.25) is 10.8 Å². The zero-order valence-electron chi connectivity index (χ0n) is 17.5. The third kappa shape index (κ3) is 6.20. The summed E-state index contributed by atoms with van der Waals surface area (Å²) >= 11 is 0. The van der Waals surface area contributed by atoms with E-state index in [9.17, 15) is 13.2 Å². The summed E-state index contributed by atoms with van der Waals surface area (Å²) in [5.74, 6) is -0.0370. The van der Waals surface area contributed by atoms with Crippen molar-refractivity contribution in [2.45, 2.75) is 31.9 Å². The summed E-state index contributed by atoms with van der Waals surface area (Å²) < 4.78 is 40.4. The van der Waals surface area contributed by atoms with Crippen molar-refractivity contribution in [1.29, 1.82) is 10.8 Å². The fraction of sp³-hybridized carbons (Fsp3) is 0.200. The SMILES string of the molecule is N=C(N)c1ccc(CCc2cc(CCc3ccc(C(=N)N)cc3)cc(C(F)(F)F)c2)cc1. The summed E-state index contributed by atoms with van der Waals surface area (Å²) in [5.41, 5.74) is 14.7. The van der Waals surface area contributed by atoms with Crippen molar-refractivity contribution in [3.8, 4) is 0 Å². The van der Waals surface area contributed by atoms with Gasteiger partial charge in [0.1, 0.15) is 11.7 Å². The van der Waals surface area contributed by atoms with Crippen molar-refractivity contribution in [3.63, 3.8) is 0 Å². The van der Waals surface area contributed by atoms with Gasteiger partial charge in [0.05, 0.1) is 5.56 Å². The van der Waals surface area contributed by atoms with Crippen LogP contribution in [0, 0.1) is 10.8 Å². The molecule has 32 heavy (non-hydrogen) atoms. The molecule has 0 heterocycles. The van der Waals surface area contributed by atoms with E-state index in [4.69, 9.17) is 22.3 Å². The largest absolute Gasteiger partial charge is 0.416 e. The number of nitrogens with two attached hydrogens (primary N) is 2. The minimum atomic E-state index is -4.41. The molecule has 0 atom stereocenters. The third-order valence-corrected chi connectivity index (χ3v) is 5.31. The zero-order chi connectivity index (χ0) is 23.3. The Morgan fingerprint density at radius 3 is 1.25 bits per heavy atom. The Bertz CT molecular complexity index is 1020. The number of amidine groups is 2. The Morgan fingerprint density at radius 1 is 0.594 bits per heavy atom. The third-order valence-electron chi connectivity index (χ3n) is 5.31. The molecule has 0 saturated heterocycles. The Kier molecular flexibility index (Phi) is 6.98. The van der Waals surface area contributed by atoms with E-state index in [1.54, 1.807) is 24.3 Å². The number of alkyl halides is 3. The topological polar surface area (TPSA) is 99.7 Å². The molecule has 6 N–H and O–H groups in total. The molecule has 7 heteroatoms. The first-order valence-corrected chi connectivity index (χ1v) is 10.2. The molecular weight excluding hydrogens is 413 g/mol. The highest BCUT2D eigenvalue weighted by atomic mass is 19.4. The molecule has 4 nitrogen and oxygen atoms in total. The van der Waals surface area contributed by atoms with Gasteiger partial charge < -0.3 is 11.5 Å². The van der Waals surface area contributed by atoms with Gasteiger partial charge in [-0.2, -0.15) is 13.2 Å². The van der Waals surface area contributed by atoms with Crippen LogP contribution in [0.25, 0.3) is 0 Å². The molecule has 0 bridgehead atoms. The van der Waals surface area contributed by atoms with Gasteiger partial charge in [-0.25, -0.2) is 0 Å². The molecular formula is C25H25F3N4. The predicted octanol–water partition coefficient (Wildman–Crippen LogP) is 4.84. The van der Waals surface area contributed by atoms with E-state index in [1.807, 2.05) is 30.3 Å². The van der Waals surface area contributed by atoms with Crippen molar-refractivity contribution >= 4 is 11.7 Å². The first-order chi connectivity index (χ1) is 15.1. The molecule has 3 rings (SSSR count). The van der Waals surface area contributed by atoms with Crippen LogP contribution in [-0.2, 0) is 31.9 Å². The first kappa shape index (κ1) is 23.1. The van der Waals surface area contributed by atoms with E-state index in [-0.39, 0.29) is 11.7 Å². The van der Waals surface area contributed by atoms with Gasteiger partial charge in [-0.15, -0.1) is 0 Å². The van der Waals surface area contributed by atoms with Crippen LogP contribution >= 0.6 is 0 Å². The van der Waals surface area contributed by atoms with E-state index in [2.05, 4.69) is 0 Å². The predicted molar refractivity (Wildman–Crippen MR) is 121 cm³/mol. The monoisotopic (exact) mass is 438 g/mol. The summed E-state index contributed by atoms with van der Waals surface area (Å²) in [6.07, 6.45) is -2.28. The lowest BCUT2D eigenvalue weighted by Crippen LogP contribution is -2.11. The molecule has 0 radical (unpaired) electrons. The van der Waals surface area contributed by atoms with Crippen LogP contribution in [0.15, 0.2) is 66.7 Å². The van der Waals surface area contributed by atoms with Crippen molar-refractivity contribution < 1.29 is 13.2 Å². The highest BCUT2D eigenvalue weighted by Crippen LogP contribution is 2.31. The second-order valence-electron chi connectivity index (χ2n) is 7.76. The summed E-state index contributed by atoms with van der Waals surface area (Å²) in [7, 11) is 0. The molecule has 0 saturated carbocycles. The van der Waals surface area contributed by atoms with Gasteiger partial charge >= 0.3 is 6.18 Å². The maximum Gasteiger partial charge on any atom is 0.416 e. The van der Waals surface area contributed by atoms with E-state index in [0.717, 1.165) is 11.1 Å². The van der Waals surface area contributed by atoms with Gasteiger partial charge in [-0.1, -0.05) is 54.6 Å². The standard InChI is InChI=1S/C25H25F3N4/c26-25(27,28)22-14-18(3-1-16-5-9-20(10-6-16)23(29)30)13-19(15-22)4-2-17-7-11-21(12-8-17)24(31)32/h5-15H,1-4H2,(H3,29,30)(H3,31,32). The number of hydrogen-bond acceptors (Lipinski definition) is 2. The highest BCUT2D eigenvalue weighted by molar-refractivity contribution is 5.95. The fourth-order valence-corrected chi connectivity index (χ4v) is 3.49. The highest BCUT2D eigenvalue weighted by Gasteiger charge is 2.31. The molecule has 0 amide bonds. The summed E-state index contributed by atoms with van der Waals surface area (Å²) in [6.45, 7) is 0. The second kappa shape index (κ2) is 9.68. The van der Waals surface area contributed by atoms with Gasteiger partial charge in [-0.05, 0) is 60.1 Å². The maximum atomic E-state index is 13.5. The fourth-order valence-electron chi connectivity index (χ4n) is 3.49. The smallest absolute Gasteiger partial charge is 0.384 e. The van der Waals surface area contributed by atoms with Crippen LogP contribution < -0.4 is 11.5 Å². The minimum Gasteiger partial charge on any atom is -0.384 e.